The number of ketones is 1. The number of hydrogen-bond acceptors (Lipinski definition) is 6. The Morgan fingerprint density at radius 2 is 1.76 bits per heavy atom. The summed E-state index contributed by atoms with van der Waals surface area (Å²) >= 11 is 0. The van der Waals surface area contributed by atoms with Crippen LogP contribution >= 0.6 is 0 Å². The Hall–Kier alpha value is -1.96. The predicted octanol–water partition coefficient (Wildman–Crippen LogP) is 2.00. The Labute approximate surface area is 146 Å². The highest BCUT2D eigenvalue weighted by Crippen LogP contribution is 2.40. The van der Waals surface area contributed by atoms with Gasteiger partial charge in [0.2, 0.25) is 0 Å². The summed E-state index contributed by atoms with van der Waals surface area (Å²) in [6.07, 6.45) is -0.515. The molecule has 25 heavy (non-hydrogen) atoms. The Kier molecular flexibility index (Phi) is 5.08. The molecule has 0 aromatic heterocycles. The van der Waals surface area contributed by atoms with Crippen molar-refractivity contribution < 1.29 is 28.5 Å². The van der Waals surface area contributed by atoms with Crippen molar-refractivity contribution >= 4 is 11.9 Å². The summed E-state index contributed by atoms with van der Waals surface area (Å²) in [7, 11) is 0. The van der Waals surface area contributed by atoms with Gasteiger partial charge in [0.05, 0.1) is 19.8 Å². The van der Waals surface area contributed by atoms with Crippen molar-refractivity contribution in [3.05, 3.63) is 35.9 Å². The zero-order chi connectivity index (χ0) is 17.9. The van der Waals surface area contributed by atoms with E-state index in [1.807, 2.05) is 37.3 Å². The minimum Gasteiger partial charge on any atom is -0.445 e. The van der Waals surface area contributed by atoms with E-state index in [0.717, 1.165) is 5.56 Å². The molecule has 1 atom stereocenters. The fourth-order valence-electron chi connectivity index (χ4n) is 2.78. The molecule has 0 saturated carbocycles. The normalized spacial score (nSPS) is 29.0. The number of carbonyl (C=O) groups excluding carboxylic acids is 2. The summed E-state index contributed by atoms with van der Waals surface area (Å²) < 4.78 is 22.2. The summed E-state index contributed by atoms with van der Waals surface area (Å²) in [5.41, 5.74) is 0.624. The van der Waals surface area contributed by atoms with Gasteiger partial charge in [-0.3, -0.25) is 4.79 Å². The Morgan fingerprint density at radius 1 is 1.16 bits per heavy atom. The summed E-state index contributed by atoms with van der Waals surface area (Å²) in [6, 6.07) is 8.21. The summed E-state index contributed by atoms with van der Waals surface area (Å²) in [5, 5.41) is 2.55. The molecule has 4 rings (SSSR count). The van der Waals surface area contributed by atoms with Crippen molar-refractivity contribution in [3.63, 3.8) is 0 Å². The van der Waals surface area contributed by atoms with Gasteiger partial charge < -0.3 is 24.3 Å². The first-order valence-electron chi connectivity index (χ1n) is 8.38. The average Bonchev–Trinajstić information content (AvgIpc) is 2.65. The Bertz CT molecular complexity index is 607. The fraction of sp³-hybridized carbons (Fsp3) is 0.556. The van der Waals surface area contributed by atoms with E-state index in [0.29, 0.717) is 19.8 Å². The minimum atomic E-state index is -1.57. The topological polar surface area (TPSA) is 83.1 Å². The first-order valence-corrected chi connectivity index (χ1v) is 8.38. The van der Waals surface area contributed by atoms with Gasteiger partial charge >= 0.3 is 12.1 Å². The summed E-state index contributed by atoms with van der Waals surface area (Å²) in [6.45, 7) is 5.00. The van der Waals surface area contributed by atoms with Gasteiger partial charge in [-0.1, -0.05) is 44.2 Å². The largest absolute Gasteiger partial charge is 0.445 e. The highest BCUT2D eigenvalue weighted by atomic mass is 16.9. The van der Waals surface area contributed by atoms with Crippen LogP contribution in [-0.2, 0) is 30.3 Å². The zero-order valence-corrected chi connectivity index (χ0v) is 14.4. The van der Waals surface area contributed by atoms with Gasteiger partial charge in [0.1, 0.15) is 6.61 Å². The molecule has 1 amide bonds. The van der Waals surface area contributed by atoms with Crippen molar-refractivity contribution in [2.24, 2.45) is 5.41 Å². The monoisotopic (exact) mass is 349 g/mol. The number of rotatable bonds is 6. The maximum Gasteiger partial charge on any atom is 0.408 e. The van der Waals surface area contributed by atoms with Crippen LogP contribution in [0.25, 0.3) is 0 Å². The lowest BCUT2D eigenvalue weighted by molar-refractivity contribution is -0.469. The van der Waals surface area contributed by atoms with Crippen molar-refractivity contribution in [2.75, 3.05) is 19.8 Å². The molecule has 3 heterocycles. The average molecular weight is 349 g/mol. The van der Waals surface area contributed by atoms with Crippen molar-refractivity contribution in [1.29, 1.82) is 0 Å². The quantitative estimate of drug-likeness (QED) is 0.846. The maximum absolute atomic E-state index is 12.4. The molecule has 1 N–H and O–H groups in total. The lowest BCUT2D eigenvalue weighted by Gasteiger charge is -2.52. The number of hydrogen-bond donors (Lipinski definition) is 1. The van der Waals surface area contributed by atoms with Crippen LogP contribution in [0.5, 0.6) is 0 Å². The molecule has 0 radical (unpaired) electrons. The second kappa shape index (κ2) is 7.11. The molecule has 0 unspecified atom stereocenters. The van der Waals surface area contributed by atoms with Crippen molar-refractivity contribution in [1.82, 2.24) is 5.32 Å². The third-order valence-electron chi connectivity index (χ3n) is 4.36. The van der Waals surface area contributed by atoms with Crippen LogP contribution in [-0.4, -0.2) is 43.7 Å². The van der Waals surface area contributed by atoms with Crippen LogP contribution in [0.4, 0.5) is 4.79 Å². The van der Waals surface area contributed by atoms with Crippen LogP contribution in [0.15, 0.2) is 30.3 Å². The molecular formula is C18H23NO6. The highest BCUT2D eigenvalue weighted by molar-refractivity contribution is 5.88. The van der Waals surface area contributed by atoms with E-state index in [2.05, 4.69) is 5.32 Å². The first kappa shape index (κ1) is 17.8. The number of nitrogens with one attached hydrogen (secondary N) is 1. The van der Waals surface area contributed by atoms with Crippen LogP contribution in [0.2, 0.25) is 0 Å². The standard InChI is InChI=1S/C18H23NO6/c1-3-14(20)15(18-23-10-17(2,11-24-18)12-25-18)19-16(21)22-9-13-7-5-4-6-8-13/h4-8,15H,3,9-12H2,1-2H3,(H,19,21)/t15-,17?,18?/m0/s1. The fourth-order valence-corrected chi connectivity index (χ4v) is 2.78. The van der Waals surface area contributed by atoms with Crippen LogP contribution < -0.4 is 5.32 Å². The van der Waals surface area contributed by atoms with Gasteiger partial charge in [0.25, 0.3) is 0 Å². The second-order valence-corrected chi connectivity index (χ2v) is 6.74. The van der Waals surface area contributed by atoms with Gasteiger partial charge in [0, 0.05) is 11.8 Å². The summed E-state index contributed by atoms with van der Waals surface area (Å²) in [5.74, 6) is -1.82. The molecule has 0 spiro atoms. The van der Waals surface area contributed by atoms with E-state index in [1.165, 1.54) is 0 Å². The smallest absolute Gasteiger partial charge is 0.408 e. The molecule has 3 saturated heterocycles. The molecule has 7 nitrogen and oxygen atoms in total. The molecular weight excluding hydrogens is 326 g/mol. The number of Topliss-reactive ketones (excluding diaryl/α,β-unsaturated/α-hetero) is 1. The molecule has 7 heteroatoms. The molecule has 136 valence electrons. The molecule has 2 bridgehead atoms. The van der Waals surface area contributed by atoms with E-state index < -0.39 is 18.1 Å². The number of carbonyl (C=O) groups is 2. The van der Waals surface area contributed by atoms with Gasteiger partial charge in [0.15, 0.2) is 11.8 Å². The molecule has 3 aliphatic heterocycles. The van der Waals surface area contributed by atoms with Gasteiger partial charge in [-0.25, -0.2) is 4.79 Å². The minimum absolute atomic E-state index is 0.105. The number of ether oxygens (including phenoxy) is 4. The lowest BCUT2D eigenvalue weighted by atomic mass is 9.90. The van der Waals surface area contributed by atoms with E-state index in [1.54, 1.807) is 6.92 Å². The highest BCUT2D eigenvalue weighted by Gasteiger charge is 2.57. The van der Waals surface area contributed by atoms with Crippen LogP contribution in [0.3, 0.4) is 0 Å². The number of benzene rings is 1. The SMILES string of the molecule is CCC(=O)[C@H](NC(=O)OCc1ccccc1)C12OCC(C)(CO1)CO2. The van der Waals surface area contributed by atoms with E-state index in [4.69, 9.17) is 18.9 Å². The van der Waals surface area contributed by atoms with Crippen LogP contribution in [0.1, 0.15) is 25.8 Å². The van der Waals surface area contributed by atoms with Crippen molar-refractivity contribution in [3.8, 4) is 0 Å². The van der Waals surface area contributed by atoms with Crippen molar-refractivity contribution in [2.45, 2.75) is 38.9 Å². The second-order valence-electron chi connectivity index (χ2n) is 6.74. The van der Waals surface area contributed by atoms with Gasteiger partial charge in [-0.15, -0.1) is 0 Å². The number of alkyl carbamates (subject to hydrolysis) is 1. The van der Waals surface area contributed by atoms with E-state index >= 15 is 0 Å². The first-order chi connectivity index (χ1) is 12.0. The Morgan fingerprint density at radius 3 is 2.32 bits per heavy atom. The van der Waals surface area contributed by atoms with Gasteiger partial charge in [-0.05, 0) is 5.56 Å². The maximum atomic E-state index is 12.4. The number of fused-ring (bicyclic) bond motifs is 3. The molecule has 1 aromatic carbocycles. The third-order valence-corrected chi connectivity index (χ3v) is 4.36. The van der Waals surface area contributed by atoms with E-state index in [9.17, 15) is 9.59 Å². The molecule has 3 aliphatic rings. The predicted molar refractivity (Wildman–Crippen MR) is 87.5 cm³/mol. The Balaban J connectivity index is 1.65. The molecule has 3 fully saturated rings. The summed E-state index contributed by atoms with van der Waals surface area (Å²) in [4.78, 5) is 24.5. The van der Waals surface area contributed by atoms with E-state index in [-0.39, 0.29) is 24.2 Å². The third kappa shape index (κ3) is 3.84. The number of amides is 1. The zero-order valence-electron chi connectivity index (χ0n) is 14.4. The van der Waals surface area contributed by atoms with Gasteiger partial charge in [-0.2, -0.15) is 0 Å². The molecule has 1 aromatic rings. The van der Waals surface area contributed by atoms with Crippen LogP contribution in [0, 0.1) is 5.41 Å². The lowest BCUT2D eigenvalue weighted by Crippen LogP contribution is -2.69. The molecule has 0 aliphatic carbocycles.